The molecule has 0 aromatic heterocycles. The van der Waals surface area contributed by atoms with E-state index in [0.717, 1.165) is 0 Å². The topological polar surface area (TPSA) is 61.8 Å². The van der Waals surface area contributed by atoms with Gasteiger partial charge in [-0.15, -0.1) is 0 Å². The average Bonchev–Trinajstić information content (AvgIpc) is 2.99. The zero-order valence-corrected chi connectivity index (χ0v) is 14.8. The first kappa shape index (κ1) is 18.8. The summed E-state index contributed by atoms with van der Waals surface area (Å²) in [6.07, 6.45) is -3.70. The quantitative estimate of drug-likeness (QED) is 0.571. The standard InChI is InChI=1S/C20H18F2O5/c1-25-14-8-13-10-20(18(21)22,17(23)16(13)15(9-14)26-2)19(24)27-11-12-6-4-3-5-7-12/h3-9,18H,10-11H2,1-2H3. The molecular formula is C20H18F2O5. The van der Waals surface area contributed by atoms with Crippen molar-refractivity contribution in [3.8, 4) is 11.5 Å². The molecule has 5 nitrogen and oxygen atoms in total. The first-order valence-electron chi connectivity index (χ1n) is 8.23. The minimum absolute atomic E-state index is 0.0322. The summed E-state index contributed by atoms with van der Waals surface area (Å²) >= 11 is 0. The molecule has 0 N–H and O–H groups in total. The number of ether oxygens (including phenoxy) is 3. The molecule has 0 bridgehead atoms. The number of halogens is 2. The molecule has 0 amide bonds. The van der Waals surface area contributed by atoms with Crippen LogP contribution < -0.4 is 9.47 Å². The van der Waals surface area contributed by atoms with E-state index in [1.54, 1.807) is 30.3 Å². The normalized spacial score (nSPS) is 18.3. The second-order valence-electron chi connectivity index (χ2n) is 6.20. The fourth-order valence-electron chi connectivity index (χ4n) is 3.21. The Kier molecular flexibility index (Phi) is 5.12. The summed E-state index contributed by atoms with van der Waals surface area (Å²) < 4.78 is 43.4. The summed E-state index contributed by atoms with van der Waals surface area (Å²) in [7, 11) is 2.73. The van der Waals surface area contributed by atoms with Gasteiger partial charge >= 0.3 is 5.97 Å². The van der Waals surface area contributed by atoms with Crippen molar-refractivity contribution in [2.45, 2.75) is 19.5 Å². The summed E-state index contributed by atoms with van der Waals surface area (Å²) in [4.78, 5) is 25.5. The number of Topliss-reactive ketones (excluding diaryl/α,β-unsaturated/α-hetero) is 1. The minimum atomic E-state index is -3.23. The van der Waals surface area contributed by atoms with Crippen LogP contribution in [0.2, 0.25) is 0 Å². The van der Waals surface area contributed by atoms with E-state index in [1.807, 2.05) is 0 Å². The highest BCUT2D eigenvalue weighted by Gasteiger charge is 2.60. The second kappa shape index (κ2) is 7.34. The highest BCUT2D eigenvalue weighted by atomic mass is 19.3. The third-order valence-corrected chi connectivity index (χ3v) is 4.66. The van der Waals surface area contributed by atoms with Crippen LogP contribution in [-0.4, -0.2) is 32.4 Å². The number of carbonyl (C=O) groups excluding carboxylic acids is 2. The van der Waals surface area contributed by atoms with E-state index in [4.69, 9.17) is 14.2 Å². The SMILES string of the molecule is COc1cc2c(c(OC)c1)C(=O)C(C(=O)OCc1ccccc1)(C(F)F)C2. The Hall–Kier alpha value is -2.96. The van der Waals surface area contributed by atoms with E-state index in [2.05, 4.69) is 0 Å². The molecule has 1 unspecified atom stereocenters. The van der Waals surface area contributed by atoms with Crippen LogP contribution in [0.5, 0.6) is 11.5 Å². The molecule has 0 heterocycles. The Morgan fingerprint density at radius 2 is 1.85 bits per heavy atom. The maximum absolute atomic E-state index is 14.0. The van der Waals surface area contributed by atoms with Crippen molar-refractivity contribution in [3.05, 3.63) is 59.2 Å². The van der Waals surface area contributed by atoms with E-state index in [1.165, 1.54) is 26.4 Å². The van der Waals surface area contributed by atoms with E-state index in [0.29, 0.717) is 11.3 Å². The van der Waals surface area contributed by atoms with Crippen LogP contribution in [0.15, 0.2) is 42.5 Å². The molecule has 1 aliphatic rings. The van der Waals surface area contributed by atoms with Crippen LogP contribution in [0, 0.1) is 5.41 Å². The van der Waals surface area contributed by atoms with Gasteiger partial charge in [-0.1, -0.05) is 30.3 Å². The molecule has 0 saturated heterocycles. The van der Waals surface area contributed by atoms with Crippen LogP contribution in [0.1, 0.15) is 21.5 Å². The van der Waals surface area contributed by atoms with E-state index < -0.39 is 30.0 Å². The Morgan fingerprint density at radius 3 is 2.44 bits per heavy atom. The molecule has 2 aromatic carbocycles. The number of alkyl halides is 2. The summed E-state index contributed by atoms with van der Waals surface area (Å²) in [6.45, 7) is -0.196. The predicted molar refractivity (Wildman–Crippen MR) is 92.3 cm³/mol. The lowest BCUT2D eigenvalue weighted by Gasteiger charge is -2.24. The number of ketones is 1. The predicted octanol–water partition coefficient (Wildman–Crippen LogP) is 3.44. The third kappa shape index (κ3) is 3.13. The molecule has 0 saturated carbocycles. The zero-order chi connectivity index (χ0) is 19.6. The van der Waals surface area contributed by atoms with Gasteiger partial charge in [-0.05, 0) is 17.2 Å². The Morgan fingerprint density at radius 1 is 1.15 bits per heavy atom. The van der Waals surface area contributed by atoms with Crippen molar-refractivity contribution in [1.82, 2.24) is 0 Å². The molecule has 27 heavy (non-hydrogen) atoms. The molecule has 0 fully saturated rings. The molecule has 3 rings (SSSR count). The Balaban J connectivity index is 1.95. The van der Waals surface area contributed by atoms with Crippen LogP contribution in [0.4, 0.5) is 8.78 Å². The van der Waals surface area contributed by atoms with Crippen LogP contribution >= 0.6 is 0 Å². The van der Waals surface area contributed by atoms with Gasteiger partial charge in [-0.2, -0.15) is 0 Å². The Labute approximate surface area is 154 Å². The molecule has 0 radical (unpaired) electrons. The zero-order valence-electron chi connectivity index (χ0n) is 14.8. The summed E-state index contributed by atoms with van der Waals surface area (Å²) in [5.41, 5.74) is -1.71. The fraction of sp³-hybridized carbons (Fsp3) is 0.300. The number of benzene rings is 2. The van der Waals surface area contributed by atoms with Crippen molar-refractivity contribution in [2.75, 3.05) is 14.2 Å². The van der Waals surface area contributed by atoms with E-state index in [-0.39, 0.29) is 23.5 Å². The lowest BCUT2D eigenvalue weighted by Crippen LogP contribution is -2.45. The lowest BCUT2D eigenvalue weighted by atomic mass is 9.84. The molecule has 0 spiro atoms. The molecule has 2 aromatic rings. The van der Waals surface area contributed by atoms with Gasteiger partial charge in [-0.3, -0.25) is 9.59 Å². The summed E-state index contributed by atoms with van der Waals surface area (Å²) in [5, 5.41) is 0. The highest BCUT2D eigenvalue weighted by molar-refractivity contribution is 6.18. The minimum Gasteiger partial charge on any atom is -0.497 e. The first-order chi connectivity index (χ1) is 12.9. The van der Waals surface area contributed by atoms with Gasteiger partial charge in [0.25, 0.3) is 6.43 Å². The van der Waals surface area contributed by atoms with E-state index >= 15 is 0 Å². The Bertz CT molecular complexity index is 866. The third-order valence-electron chi connectivity index (χ3n) is 4.66. The van der Waals surface area contributed by atoms with Gasteiger partial charge in [0.05, 0.1) is 19.8 Å². The maximum atomic E-state index is 14.0. The van der Waals surface area contributed by atoms with Gasteiger partial charge in [-0.25, -0.2) is 8.78 Å². The number of methoxy groups -OCH3 is 2. The first-order valence-corrected chi connectivity index (χ1v) is 8.23. The average molecular weight is 376 g/mol. The van der Waals surface area contributed by atoms with Crippen molar-refractivity contribution in [1.29, 1.82) is 0 Å². The summed E-state index contributed by atoms with van der Waals surface area (Å²) in [5.74, 6) is -1.80. The fourth-order valence-corrected chi connectivity index (χ4v) is 3.21. The summed E-state index contributed by atoms with van der Waals surface area (Å²) in [6, 6.07) is 11.5. The van der Waals surface area contributed by atoms with Gasteiger partial charge in [0.1, 0.15) is 18.1 Å². The van der Waals surface area contributed by atoms with Gasteiger partial charge in [0.15, 0.2) is 11.2 Å². The van der Waals surface area contributed by atoms with Crippen LogP contribution in [0.25, 0.3) is 0 Å². The van der Waals surface area contributed by atoms with Crippen molar-refractivity contribution in [2.24, 2.45) is 5.41 Å². The van der Waals surface area contributed by atoms with E-state index in [9.17, 15) is 18.4 Å². The van der Waals surface area contributed by atoms with Gasteiger partial charge in [0.2, 0.25) is 0 Å². The monoisotopic (exact) mass is 376 g/mol. The number of hydrogen-bond donors (Lipinski definition) is 0. The number of rotatable bonds is 6. The molecule has 1 aliphatic carbocycles. The molecule has 1 atom stereocenters. The smallest absolute Gasteiger partial charge is 0.326 e. The second-order valence-corrected chi connectivity index (χ2v) is 6.20. The number of hydrogen-bond acceptors (Lipinski definition) is 5. The molecular weight excluding hydrogens is 358 g/mol. The number of fused-ring (bicyclic) bond motifs is 1. The number of esters is 1. The lowest BCUT2D eigenvalue weighted by molar-refractivity contribution is -0.161. The van der Waals surface area contributed by atoms with Crippen molar-refractivity contribution >= 4 is 11.8 Å². The largest absolute Gasteiger partial charge is 0.497 e. The van der Waals surface area contributed by atoms with Gasteiger partial charge in [0, 0.05) is 12.5 Å². The van der Waals surface area contributed by atoms with Crippen LogP contribution in [-0.2, 0) is 22.6 Å². The molecule has 7 heteroatoms. The number of carbonyl (C=O) groups is 2. The van der Waals surface area contributed by atoms with Crippen molar-refractivity contribution in [3.63, 3.8) is 0 Å². The molecule has 142 valence electrons. The maximum Gasteiger partial charge on any atom is 0.326 e. The highest BCUT2D eigenvalue weighted by Crippen LogP contribution is 2.47. The van der Waals surface area contributed by atoms with Gasteiger partial charge < -0.3 is 14.2 Å². The van der Waals surface area contributed by atoms with Crippen LogP contribution in [0.3, 0.4) is 0 Å². The molecule has 0 aliphatic heterocycles. The van der Waals surface area contributed by atoms with Crippen molar-refractivity contribution < 1.29 is 32.6 Å².